The second-order valence-electron chi connectivity index (χ2n) is 13.8. The molecule has 2 aliphatic heterocycles. The third-order valence-electron chi connectivity index (χ3n) is 9.12. The summed E-state index contributed by atoms with van der Waals surface area (Å²) in [4.78, 5) is 16.4. The lowest BCUT2D eigenvalue weighted by molar-refractivity contribution is -0.140. The molecule has 2 saturated heterocycles. The van der Waals surface area contributed by atoms with E-state index in [1.54, 1.807) is 30.3 Å². The van der Waals surface area contributed by atoms with Crippen molar-refractivity contribution in [1.82, 2.24) is 4.90 Å². The highest BCUT2D eigenvalue weighted by molar-refractivity contribution is 7.92. The molecule has 1 amide bonds. The van der Waals surface area contributed by atoms with Gasteiger partial charge in [-0.05, 0) is 116 Å². The number of nitrogens with one attached hydrogen (secondary N) is 2. The molecule has 3 aromatic carbocycles. The summed E-state index contributed by atoms with van der Waals surface area (Å²) >= 11 is 8.00. The van der Waals surface area contributed by atoms with Crippen molar-refractivity contribution in [1.29, 1.82) is 0 Å². The highest BCUT2D eigenvalue weighted by Gasteiger charge is 2.41. The van der Waals surface area contributed by atoms with Crippen molar-refractivity contribution in [2.45, 2.75) is 58.6 Å². The van der Waals surface area contributed by atoms with Gasteiger partial charge in [0, 0.05) is 38.5 Å². The lowest BCUT2D eigenvalue weighted by atomic mass is 9.76. The van der Waals surface area contributed by atoms with Crippen LogP contribution >= 0.6 is 22.9 Å². The molecule has 0 saturated carbocycles. The van der Waals surface area contributed by atoms with Gasteiger partial charge in [-0.15, -0.1) is 11.3 Å². The van der Waals surface area contributed by atoms with E-state index in [0.717, 1.165) is 66.1 Å². The minimum absolute atomic E-state index is 0.0408. The smallest absolute Gasteiger partial charge is 0.265 e. The van der Waals surface area contributed by atoms with Crippen LogP contribution < -0.4 is 14.8 Å². The molecule has 1 aromatic heterocycles. The molecule has 1 spiro atoms. The van der Waals surface area contributed by atoms with E-state index in [2.05, 4.69) is 47.0 Å². The second-order valence-corrected chi connectivity index (χ2v) is 17.1. The molecule has 0 radical (unpaired) electrons. The van der Waals surface area contributed by atoms with E-state index in [0.29, 0.717) is 26.7 Å². The first kappa shape index (κ1) is 33.7. The third-order valence-corrected chi connectivity index (χ3v) is 11.1. The molecule has 11 heteroatoms. The number of halogens is 1. The number of hydrogen-bond acceptors (Lipinski definition) is 7. The van der Waals surface area contributed by atoms with E-state index in [1.165, 1.54) is 29.7 Å². The van der Waals surface area contributed by atoms with Crippen molar-refractivity contribution in [2.24, 2.45) is 5.41 Å². The Morgan fingerprint density at radius 2 is 1.74 bits per heavy atom. The largest absolute Gasteiger partial charge is 0.491 e. The molecule has 0 unspecified atom stereocenters. The molecule has 47 heavy (non-hydrogen) atoms. The molecule has 0 aliphatic carbocycles. The number of sulfonamides is 1. The molecule has 2 fully saturated rings. The molecular formula is C36H42ClN3O5S2. The molecule has 0 atom stereocenters. The quantitative estimate of drug-likeness (QED) is 0.175. The van der Waals surface area contributed by atoms with Gasteiger partial charge in [-0.1, -0.05) is 31.5 Å². The van der Waals surface area contributed by atoms with Crippen LogP contribution in [0, 0.1) is 5.41 Å². The van der Waals surface area contributed by atoms with Gasteiger partial charge in [0.1, 0.15) is 5.75 Å². The summed E-state index contributed by atoms with van der Waals surface area (Å²) in [5.41, 5.74) is 4.27. The summed E-state index contributed by atoms with van der Waals surface area (Å²) in [6, 6.07) is 19.2. The Bertz CT molecular complexity index is 1910. The van der Waals surface area contributed by atoms with E-state index in [1.807, 2.05) is 26.0 Å². The molecule has 250 valence electrons. The van der Waals surface area contributed by atoms with Gasteiger partial charge < -0.3 is 14.8 Å². The van der Waals surface area contributed by atoms with Crippen LogP contribution in [0.3, 0.4) is 0 Å². The van der Waals surface area contributed by atoms with E-state index in [4.69, 9.17) is 21.1 Å². The lowest BCUT2D eigenvalue weighted by Gasteiger charge is -2.47. The first-order valence-electron chi connectivity index (χ1n) is 15.9. The minimum Gasteiger partial charge on any atom is -0.491 e. The van der Waals surface area contributed by atoms with Crippen molar-refractivity contribution in [3.05, 3.63) is 87.3 Å². The van der Waals surface area contributed by atoms with Crippen molar-refractivity contribution in [2.75, 3.05) is 42.6 Å². The number of anilines is 2. The molecule has 3 heterocycles. The van der Waals surface area contributed by atoms with Crippen molar-refractivity contribution in [3.8, 4) is 5.75 Å². The number of fused-ring (bicyclic) bond motifs is 1. The maximum Gasteiger partial charge on any atom is 0.265 e. The van der Waals surface area contributed by atoms with Crippen molar-refractivity contribution < 1.29 is 22.7 Å². The second kappa shape index (κ2) is 13.0. The summed E-state index contributed by atoms with van der Waals surface area (Å²) in [6.45, 7) is 13.2. The van der Waals surface area contributed by atoms with Crippen LogP contribution in [0.1, 0.15) is 66.9 Å². The third kappa shape index (κ3) is 7.95. The maximum absolute atomic E-state index is 13.4. The number of piperidine rings is 1. The number of ether oxygens (including phenoxy) is 2. The number of likely N-dealkylation sites (tertiary alicyclic amines) is 1. The monoisotopic (exact) mass is 695 g/mol. The first-order valence-corrected chi connectivity index (χ1v) is 19.0. The molecule has 0 bridgehead atoms. The summed E-state index contributed by atoms with van der Waals surface area (Å²) < 4.78 is 38.4. The van der Waals surface area contributed by atoms with Crippen LogP contribution in [0.15, 0.2) is 60.7 Å². The average molecular weight is 696 g/mol. The van der Waals surface area contributed by atoms with Gasteiger partial charge in [-0.3, -0.25) is 14.4 Å². The summed E-state index contributed by atoms with van der Waals surface area (Å²) in [5, 5.41) is 4.33. The van der Waals surface area contributed by atoms with Gasteiger partial charge in [0.2, 0.25) is 10.0 Å². The Balaban J connectivity index is 1.23. The zero-order chi connectivity index (χ0) is 33.6. The standard InChI is InChI=1S/C36H42ClN3O5S2/c1-23(2)45-31-13-24(20-40-10-8-36(9-11-40)21-44-22-36)12-26(18-31)35(3,4)27-16-28(37)19-30(17-27)38-34(41)33-15-25-14-29(39-47(5,42)43)6-7-32(25)46-33/h6-7,12-19,23,39H,8-11,20-22H2,1-5H3,(H,38,41). The fourth-order valence-corrected chi connectivity index (χ4v) is 8.12. The first-order chi connectivity index (χ1) is 22.2. The Kier molecular flexibility index (Phi) is 9.36. The zero-order valence-electron chi connectivity index (χ0n) is 27.5. The molecule has 2 aliphatic rings. The van der Waals surface area contributed by atoms with Crippen molar-refractivity contribution in [3.63, 3.8) is 0 Å². The maximum atomic E-state index is 13.4. The SMILES string of the molecule is CC(C)Oc1cc(CN2CCC3(CC2)COC3)cc(C(C)(C)c2cc(Cl)cc(NC(=O)c3cc4cc(NS(C)(=O)=O)ccc4s3)c2)c1. The Hall–Kier alpha value is -3.15. The number of carbonyl (C=O) groups is 1. The Labute approximate surface area is 286 Å². The van der Waals surface area contributed by atoms with E-state index < -0.39 is 15.4 Å². The molecular weight excluding hydrogens is 654 g/mol. The summed E-state index contributed by atoms with van der Waals surface area (Å²) in [5.74, 6) is 0.581. The predicted octanol–water partition coefficient (Wildman–Crippen LogP) is 7.90. The van der Waals surface area contributed by atoms with Gasteiger partial charge in [0.25, 0.3) is 5.91 Å². The van der Waals surface area contributed by atoms with E-state index in [-0.39, 0.29) is 12.0 Å². The molecule has 4 aromatic rings. The van der Waals surface area contributed by atoms with Gasteiger partial charge >= 0.3 is 0 Å². The number of carbonyl (C=O) groups excluding carboxylic acids is 1. The number of hydrogen-bond donors (Lipinski definition) is 2. The fraction of sp³-hybridized carbons (Fsp3) is 0.417. The van der Waals surface area contributed by atoms with Gasteiger partial charge in [-0.2, -0.15) is 0 Å². The van der Waals surface area contributed by atoms with E-state index >= 15 is 0 Å². The number of thiophene rings is 1. The van der Waals surface area contributed by atoms with Crippen LogP contribution in [-0.4, -0.2) is 57.9 Å². The Morgan fingerprint density at radius 1 is 1.02 bits per heavy atom. The highest BCUT2D eigenvalue weighted by atomic mass is 35.5. The summed E-state index contributed by atoms with van der Waals surface area (Å²) in [7, 11) is -3.41. The number of benzene rings is 3. The van der Waals surface area contributed by atoms with Crippen molar-refractivity contribution >= 4 is 60.3 Å². The normalized spacial score (nSPS) is 16.7. The summed E-state index contributed by atoms with van der Waals surface area (Å²) in [6.07, 6.45) is 3.49. The Morgan fingerprint density at radius 3 is 2.40 bits per heavy atom. The van der Waals surface area contributed by atoms with Crippen LogP contribution in [-0.2, 0) is 26.7 Å². The van der Waals surface area contributed by atoms with Gasteiger partial charge in [-0.25, -0.2) is 8.42 Å². The average Bonchev–Trinajstić information content (AvgIpc) is 3.39. The highest BCUT2D eigenvalue weighted by Crippen LogP contribution is 2.40. The van der Waals surface area contributed by atoms with Crippen LogP contribution in [0.25, 0.3) is 10.1 Å². The predicted molar refractivity (Wildman–Crippen MR) is 192 cm³/mol. The molecule has 2 N–H and O–H groups in total. The number of rotatable bonds is 10. The molecule has 8 nitrogen and oxygen atoms in total. The minimum atomic E-state index is -3.41. The lowest BCUT2D eigenvalue weighted by Crippen LogP contribution is -2.50. The zero-order valence-corrected chi connectivity index (χ0v) is 29.9. The van der Waals surface area contributed by atoms with Crippen LogP contribution in [0.2, 0.25) is 5.02 Å². The van der Waals surface area contributed by atoms with Gasteiger partial charge in [0.15, 0.2) is 0 Å². The van der Waals surface area contributed by atoms with Crippen LogP contribution in [0.4, 0.5) is 11.4 Å². The van der Waals surface area contributed by atoms with Crippen LogP contribution in [0.5, 0.6) is 5.75 Å². The fourth-order valence-electron chi connectivity index (χ4n) is 6.39. The van der Waals surface area contributed by atoms with E-state index in [9.17, 15) is 13.2 Å². The number of nitrogens with zero attached hydrogens (tertiary/aromatic N) is 1. The topological polar surface area (TPSA) is 97.0 Å². The number of amides is 1. The molecule has 6 rings (SSSR count). The van der Waals surface area contributed by atoms with Gasteiger partial charge in [0.05, 0.1) is 30.5 Å².